The summed E-state index contributed by atoms with van der Waals surface area (Å²) >= 11 is 5.76. The molecule has 1 aromatic rings. The van der Waals surface area contributed by atoms with Gasteiger partial charge in [0.1, 0.15) is 11.6 Å². The molecule has 0 unspecified atom stereocenters. The predicted molar refractivity (Wildman–Crippen MR) is 98.2 cm³/mol. The Bertz CT molecular complexity index is 940. The van der Waals surface area contributed by atoms with Gasteiger partial charge in [0.15, 0.2) is 0 Å². The van der Waals surface area contributed by atoms with Crippen molar-refractivity contribution < 1.29 is 19.3 Å². The molecule has 0 spiro atoms. The Morgan fingerprint density at radius 3 is 2.36 bits per heavy atom. The van der Waals surface area contributed by atoms with Crippen molar-refractivity contribution >= 4 is 40.7 Å². The molecule has 2 saturated carbocycles. The van der Waals surface area contributed by atoms with Crippen LogP contribution in [-0.2, 0) is 14.4 Å². The molecule has 2 bridgehead atoms. The summed E-state index contributed by atoms with van der Waals surface area (Å²) in [6.45, 7) is -0.393. The van der Waals surface area contributed by atoms with Gasteiger partial charge in [-0.25, -0.2) is 0 Å². The summed E-state index contributed by atoms with van der Waals surface area (Å²) in [5.74, 6) is -0.651. The monoisotopic (exact) mass is 401 g/mol. The molecule has 1 aliphatic heterocycles. The minimum atomic E-state index is -0.649. The van der Waals surface area contributed by atoms with E-state index in [4.69, 9.17) is 11.6 Å². The number of allylic oxidation sites excluding steroid dienone is 2. The van der Waals surface area contributed by atoms with Gasteiger partial charge in [-0.15, -0.1) is 0 Å². The van der Waals surface area contributed by atoms with Crippen LogP contribution in [0.1, 0.15) is 6.42 Å². The van der Waals surface area contributed by atoms with Crippen molar-refractivity contribution in [2.45, 2.75) is 6.42 Å². The maximum atomic E-state index is 12.9. The molecule has 28 heavy (non-hydrogen) atoms. The van der Waals surface area contributed by atoms with Gasteiger partial charge in [-0.1, -0.05) is 23.8 Å². The molecule has 6 rings (SSSR count). The highest BCUT2D eigenvalue weighted by molar-refractivity contribution is 6.32. The molecule has 1 N–H and O–H groups in total. The van der Waals surface area contributed by atoms with Crippen molar-refractivity contribution in [3.8, 4) is 0 Å². The van der Waals surface area contributed by atoms with Crippen LogP contribution >= 0.6 is 11.6 Å². The number of hydrogen-bond donors (Lipinski definition) is 1. The van der Waals surface area contributed by atoms with E-state index in [-0.39, 0.29) is 51.9 Å². The summed E-state index contributed by atoms with van der Waals surface area (Å²) in [5.41, 5.74) is -0.152. The molecule has 4 aliphatic carbocycles. The van der Waals surface area contributed by atoms with Crippen LogP contribution in [0.15, 0.2) is 30.4 Å². The Labute approximate surface area is 164 Å². The summed E-state index contributed by atoms with van der Waals surface area (Å²) in [6.07, 6.45) is 5.22. The average Bonchev–Trinajstić information content (AvgIpc) is 3.44. The minimum Gasteiger partial charge on any atom is -0.324 e. The van der Waals surface area contributed by atoms with Crippen LogP contribution in [-0.4, -0.2) is 34.1 Å². The van der Waals surface area contributed by atoms with Gasteiger partial charge in [0.25, 0.3) is 5.69 Å². The second-order valence-corrected chi connectivity index (χ2v) is 8.30. The van der Waals surface area contributed by atoms with E-state index in [1.807, 2.05) is 0 Å². The van der Waals surface area contributed by atoms with Crippen LogP contribution in [0, 0.1) is 45.6 Å². The van der Waals surface area contributed by atoms with E-state index in [1.54, 1.807) is 0 Å². The van der Waals surface area contributed by atoms with Crippen LogP contribution in [0.3, 0.4) is 0 Å². The van der Waals surface area contributed by atoms with Crippen molar-refractivity contribution in [1.82, 2.24) is 4.90 Å². The van der Waals surface area contributed by atoms with Crippen LogP contribution in [0.4, 0.5) is 11.4 Å². The molecule has 1 heterocycles. The number of nitrogens with zero attached hydrogens (tertiary/aromatic N) is 2. The smallest absolute Gasteiger partial charge is 0.289 e. The number of halogens is 1. The van der Waals surface area contributed by atoms with Crippen molar-refractivity contribution in [3.05, 3.63) is 45.5 Å². The lowest BCUT2D eigenvalue weighted by molar-refractivity contribution is -0.384. The third-order valence-electron chi connectivity index (χ3n) is 6.48. The Kier molecular flexibility index (Phi) is 3.64. The third kappa shape index (κ3) is 2.40. The van der Waals surface area contributed by atoms with Crippen LogP contribution in [0.25, 0.3) is 0 Å². The number of likely N-dealkylation sites (tertiary alicyclic amines) is 1. The van der Waals surface area contributed by atoms with Gasteiger partial charge in [-0.3, -0.25) is 29.4 Å². The van der Waals surface area contributed by atoms with Gasteiger partial charge in [0, 0.05) is 11.8 Å². The lowest BCUT2D eigenvalue weighted by Crippen LogP contribution is -2.40. The standard InChI is InChI=1S/C19H16ClN3O5/c20-13-4-1-8(5-14(13)23(27)28)21-15(24)7-22-18(25)16-9-2-3-10(12-6-11(9)12)17(16)19(22)26/h1-5,9-12,16-17H,6-7H2,(H,21,24)/t9-,10-,11-,12+,16-,17+/m0/s1. The molecule has 1 aromatic carbocycles. The lowest BCUT2D eigenvalue weighted by atomic mass is 9.63. The number of hydrogen-bond acceptors (Lipinski definition) is 5. The average molecular weight is 402 g/mol. The van der Waals surface area contributed by atoms with E-state index in [2.05, 4.69) is 17.5 Å². The first-order valence-electron chi connectivity index (χ1n) is 9.14. The normalized spacial score (nSPS) is 34.2. The summed E-state index contributed by atoms with van der Waals surface area (Å²) in [5, 5.41) is 13.4. The number of carbonyl (C=O) groups excluding carboxylic acids is 3. The molecule has 5 aliphatic rings. The zero-order valence-electron chi connectivity index (χ0n) is 14.6. The highest BCUT2D eigenvalue weighted by Crippen LogP contribution is 2.65. The molecular weight excluding hydrogens is 386 g/mol. The van der Waals surface area contributed by atoms with Crippen molar-refractivity contribution in [2.75, 3.05) is 11.9 Å². The van der Waals surface area contributed by atoms with E-state index in [0.29, 0.717) is 11.8 Å². The first kappa shape index (κ1) is 17.4. The Morgan fingerprint density at radius 1 is 1.18 bits per heavy atom. The predicted octanol–water partition coefficient (Wildman–Crippen LogP) is 2.24. The SMILES string of the molecule is O=C(CN1C(=O)[C@@H]2[C@H]3C=C[C@@H]([C@@H]4C[C@H]34)[C@@H]2C1=O)Nc1ccc(Cl)c([N+](=O)[O-])c1. The quantitative estimate of drug-likeness (QED) is 0.360. The second-order valence-electron chi connectivity index (χ2n) is 7.89. The molecular formula is C19H16ClN3O5. The summed E-state index contributed by atoms with van der Waals surface area (Å²) in [6, 6.07) is 3.88. The zero-order chi connectivity index (χ0) is 19.7. The van der Waals surface area contributed by atoms with Crippen molar-refractivity contribution in [1.29, 1.82) is 0 Å². The molecule has 1 saturated heterocycles. The number of anilines is 1. The van der Waals surface area contributed by atoms with Crippen LogP contribution in [0.5, 0.6) is 0 Å². The van der Waals surface area contributed by atoms with E-state index in [1.165, 1.54) is 12.1 Å². The van der Waals surface area contributed by atoms with Gasteiger partial charge in [-0.2, -0.15) is 0 Å². The molecule has 8 nitrogen and oxygen atoms in total. The highest BCUT2D eigenvalue weighted by atomic mass is 35.5. The van der Waals surface area contributed by atoms with Crippen molar-refractivity contribution in [3.63, 3.8) is 0 Å². The summed E-state index contributed by atoms with van der Waals surface area (Å²) in [4.78, 5) is 49.5. The van der Waals surface area contributed by atoms with Gasteiger partial charge in [0.2, 0.25) is 17.7 Å². The molecule has 0 aromatic heterocycles. The summed E-state index contributed by atoms with van der Waals surface area (Å²) < 4.78 is 0. The number of benzene rings is 1. The van der Waals surface area contributed by atoms with Gasteiger partial charge >= 0.3 is 0 Å². The fraction of sp³-hybridized carbons (Fsp3) is 0.421. The minimum absolute atomic E-state index is 0.0430. The Balaban J connectivity index is 1.31. The molecule has 3 amide bonds. The lowest BCUT2D eigenvalue weighted by Gasteiger charge is -2.37. The van der Waals surface area contributed by atoms with Gasteiger partial charge < -0.3 is 5.32 Å². The Hall–Kier alpha value is -2.74. The number of nitro benzene ring substituents is 1. The maximum Gasteiger partial charge on any atom is 0.289 e. The first-order chi connectivity index (χ1) is 13.4. The zero-order valence-corrected chi connectivity index (χ0v) is 15.3. The molecule has 0 radical (unpaired) electrons. The van der Waals surface area contributed by atoms with E-state index < -0.39 is 17.4 Å². The fourth-order valence-electron chi connectivity index (χ4n) is 5.25. The van der Waals surface area contributed by atoms with Gasteiger partial charge in [0.05, 0.1) is 16.8 Å². The fourth-order valence-corrected chi connectivity index (χ4v) is 5.44. The largest absolute Gasteiger partial charge is 0.324 e. The number of amides is 3. The van der Waals surface area contributed by atoms with Crippen LogP contribution in [0.2, 0.25) is 5.02 Å². The maximum absolute atomic E-state index is 12.9. The highest BCUT2D eigenvalue weighted by Gasteiger charge is 2.67. The molecule has 9 heteroatoms. The van der Waals surface area contributed by atoms with E-state index in [9.17, 15) is 24.5 Å². The summed E-state index contributed by atoms with van der Waals surface area (Å²) in [7, 11) is 0. The molecule has 3 fully saturated rings. The number of carbonyl (C=O) groups is 3. The van der Waals surface area contributed by atoms with Crippen molar-refractivity contribution in [2.24, 2.45) is 35.5 Å². The second kappa shape index (κ2) is 5.88. The number of rotatable bonds is 4. The number of nitrogens with one attached hydrogen (secondary N) is 1. The molecule has 6 atom stereocenters. The topological polar surface area (TPSA) is 110 Å². The molecule has 144 valence electrons. The Morgan fingerprint density at radius 2 is 1.79 bits per heavy atom. The third-order valence-corrected chi connectivity index (χ3v) is 6.80. The van der Waals surface area contributed by atoms with E-state index >= 15 is 0 Å². The first-order valence-corrected chi connectivity index (χ1v) is 9.52. The van der Waals surface area contributed by atoms with Crippen LogP contribution < -0.4 is 5.32 Å². The number of nitro groups is 1. The number of imide groups is 1. The van der Waals surface area contributed by atoms with Gasteiger partial charge in [-0.05, 0) is 42.2 Å². The van der Waals surface area contributed by atoms with E-state index in [0.717, 1.165) is 17.4 Å².